The molecular weight excluding hydrogens is 222 g/mol. The monoisotopic (exact) mass is 247 g/mol. The number of hydrogen-bond donors (Lipinski definition) is 1. The summed E-state index contributed by atoms with van der Waals surface area (Å²) in [5, 5.41) is 0. The summed E-state index contributed by atoms with van der Waals surface area (Å²) in [7, 11) is -3.02. The first-order chi connectivity index (χ1) is 7.57. The van der Waals surface area contributed by atoms with Crippen LogP contribution in [-0.4, -0.2) is 20.2 Å². The van der Waals surface area contributed by atoms with Crippen LogP contribution in [0.15, 0.2) is 0 Å². The molecule has 0 radical (unpaired) electrons. The minimum absolute atomic E-state index is 0.199. The van der Waals surface area contributed by atoms with E-state index in [2.05, 4.69) is 11.6 Å². The van der Waals surface area contributed by atoms with Crippen molar-refractivity contribution in [3.05, 3.63) is 0 Å². The second-order valence-electron chi connectivity index (χ2n) is 4.92. The van der Waals surface area contributed by atoms with E-state index >= 15 is 0 Å². The van der Waals surface area contributed by atoms with E-state index in [1.807, 2.05) is 6.92 Å². The van der Waals surface area contributed by atoms with E-state index in [1.54, 1.807) is 0 Å². The van der Waals surface area contributed by atoms with Gasteiger partial charge in [0, 0.05) is 6.04 Å². The summed E-state index contributed by atoms with van der Waals surface area (Å²) in [4.78, 5) is 0. The van der Waals surface area contributed by atoms with Crippen LogP contribution >= 0.6 is 0 Å². The first kappa shape index (κ1) is 14.0. The standard InChI is InChI=1S/C12H25NO2S/c1-3-5-10-16(14,15)13-12-8-6-11(4-2)7-9-12/h11-13H,3-10H2,1-2H3. The van der Waals surface area contributed by atoms with Crippen molar-refractivity contribution in [1.82, 2.24) is 4.72 Å². The molecule has 4 heteroatoms. The molecule has 0 amide bonds. The minimum atomic E-state index is -3.02. The van der Waals surface area contributed by atoms with Gasteiger partial charge in [0.25, 0.3) is 0 Å². The van der Waals surface area contributed by atoms with Crippen molar-refractivity contribution in [2.24, 2.45) is 5.92 Å². The Labute approximate surface area is 100 Å². The lowest BCUT2D eigenvalue weighted by Crippen LogP contribution is -2.38. The third-order valence-corrected chi connectivity index (χ3v) is 5.06. The Bertz CT molecular complexity index is 279. The smallest absolute Gasteiger partial charge is 0.211 e. The van der Waals surface area contributed by atoms with Crippen molar-refractivity contribution in [3.63, 3.8) is 0 Å². The lowest BCUT2D eigenvalue weighted by molar-refractivity contribution is 0.306. The van der Waals surface area contributed by atoms with Gasteiger partial charge >= 0.3 is 0 Å². The molecule has 1 rings (SSSR count). The van der Waals surface area contributed by atoms with Crippen molar-refractivity contribution in [2.75, 3.05) is 5.75 Å². The predicted molar refractivity (Wildman–Crippen MR) is 67.9 cm³/mol. The van der Waals surface area contributed by atoms with Gasteiger partial charge in [-0.3, -0.25) is 0 Å². The molecule has 0 aromatic rings. The SMILES string of the molecule is CCCCS(=O)(=O)NC1CCC(CC)CC1. The highest BCUT2D eigenvalue weighted by molar-refractivity contribution is 7.89. The molecule has 3 nitrogen and oxygen atoms in total. The molecule has 0 aromatic heterocycles. The molecule has 1 fully saturated rings. The number of unbranched alkanes of at least 4 members (excludes halogenated alkanes) is 1. The zero-order valence-corrected chi connectivity index (χ0v) is 11.4. The molecule has 0 aromatic carbocycles. The first-order valence-corrected chi connectivity index (χ1v) is 8.22. The minimum Gasteiger partial charge on any atom is -0.212 e. The topological polar surface area (TPSA) is 46.2 Å². The van der Waals surface area contributed by atoms with Crippen LogP contribution < -0.4 is 4.72 Å². The molecule has 1 N–H and O–H groups in total. The van der Waals surface area contributed by atoms with Crippen LogP contribution in [0.2, 0.25) is 0 Å². The fourth-order valence-electron chi connectivity index (χ4n) is 2.34. The van der Waals surface area contributed by atoms with Gasteiger partial charge in [0.1, 0.15) is 0 Å². The predicted octanol–water partition coefficient (Wildman–Crippen LogP) is 2.67. The van der Waals surface area contributed by atoms with Crippen LogP contribution in [0, 0.1) is 5.92 Å². The van der Waals surface area contributed by atoms with E-state index in [0.717, 1.165) is 31.6 Å². The summed E-state index contributed by atoms with van der Waals surface area (Å²) < 4.78 is 26.2. The van der Waals surface area contributed by atoms with Gasteiger partial charge in [0.2, 0.25) is 10.0 Å². The Morgan fingerprint density at radius 3 is 2.25 bits per heavy atom. The number of sulfonamides is 1. The zero-order valence-electron chi connectivity index (χ0n) is 10.5. The average Bonchev–Trinajstić information content (AvgIpc) is 2.27. The maximum atomic E-state index is 11.7. The summed E-state index contributed by atoms with van der Waals surface area (Å²) in [6.45, 7) is 4.23. The van der Waals surface area contributed by atoms with E-state index < -0.39 is 10.0 Å². The second kappa shape index (κ2) is 6.60. The largest absolute Gasteiger partial charge is 0.212 e. The molecule has 0 heterocycles. The molecular formula is C12H25NO2S. The Hall–Kier alpha value is -0.0900. The molecule has 0 saturated heterocycles. The molecule has 16 heavy (non-hydrogen) atoms. The van der Waals surface area contributed by atoms with E-state index in [1.165, 1.54) is 19.3 Å². The fourth-order valence-corrected chi connectivity index (χ4v) is 3.87. The molecule has 0 atom stereocenters. The molecule has 0 aliphatic heterocycles. The molecule has 1 aliphatic carbocycles. The van der Waals surface area contributed by atoms with Crippen molar-refractivity contribution < 1.29 is 8.42 Å². The Kier molecular flexibility index (Phi) is 5.76. The normalized spacial score (nSPS) is 26.9. The van der Waals surface area contributed by atoms with E-state index in [0.29, 0.717) is 0 Å². The first-order valence-electron chi connectivity index (χ1n) is 6.57. The number of hydrogen-bond acceptors (Lipinski definition) is 2. The van der Waals surface area contributed by atoms with Gasteiger partial charge in [0.05, 0.1) is 5.75 Å². The van der Waals surface area contributed by atoms with Gasteiger partial charge in [0.15, 0.2) is 0 Å². The Morgan fingerprint density at radius 2 is 1.75 bits per heavy atom. The van der Waals surface area contributed by atoms with E-state index in [9.17, 15) is 8.42 Å². The van der Waals surface area contributed by atoms with Crippen LogP contribution in [0.1, 0.15) is 58.8 Å². The lowest BCUT2D eigenvalue weighted by atomic mass is 9.85. The quantitative estimate of drug-likeness (QED) is 0.784. The molecule has 0 spiro atoms. The summed E-state index contributed by atoms with van der Waals surface area (Å²) in [5.74, 6) is 1.11. The van der Waals surface area contributed by atoms with Crippen molar-refractivity contribution in [3.8, 4) is 0 Å². The van der Waals surface area contributed by atoms with E-state index in [-0.39, 0.29) is 11.8 Å². The summed E-state index contributed by atoms with van der Waals surface area (Å²) in [6.07, 6.45) is 7.32. The summed E-state index contributed by atoms with van der Waals surface area (Å²) >= 11 is 0. The van der Waals surface area contributed by atoms with Gasteiger partial charge in [-0.25, -0.2) is 13.1 Å². The fraction of sp³-hybridized carbons (Fsp3) is 1.00. The molecule has 0 bridgehead atoms. The van der Waals surface area contributed by atoms with Gasteiger partial charge in [-0.15, -0.1) is 0 Å². The number of rotatable bonds is 6. The van der Waals surface area contributed by atoms with Gasteiger partial charge in [-0.2, -0.15) is 0 Å². The van der Waals surface area contributed by atoms with Gasteiger partial charge < -0.3 is 0 Å². The molecule has 1 aliphatic rings. The third-order valence-electron chi connectivity index (χ3n) is 3.54. The van der Waals surface area contributed by atoms with Crippen LogP contribution in [0.25, 0.3) is 0 Å². The van der Waals surface area contributed by atoms with Crippen LogP contribution in [0.5, 0.6) is 0 Å². The van der Waals surface area contributed by atoms with Gasteiger partial charge in [-0.1, -0.05) is 26.7 Å². The highest BCUT2D eigenvalue weighted by atomic mass is 32.2. The third kappa shape index (κ3) is 4.83. The van der Waals surface area contributed by atoms with Gasteiger partial charge in [-0.05, 0) is 38.0 Å². The molecule has 1 saturated carbocycles. The maximum Gasteiger partial charge on any atom is 0.211 e. The second-order valence-corrected chi connectivity index (χ2v) is 6.79. The average molecular weight is 247 g/mol. The molecule has 0 unspecified atom stereocenters. The highest BCUT2D eigenvalue weighted by Crippen LogP contribution is 2.26. The highest BCUT2D eigenvalue weighted by Gasteiger charge is 2.23. The summed E-state index contributed by atoms with van der Waals surface area (Å²) in [5.41, 5.74) is 0. The van der Waals surface area contributed by atoms with Crippen LogP contribution in [-0.2, 0) is 10.0 Å². The van der Waals surface area contributed by atoms with Crippen molar-refractivity contribution in [2.45, 2.75) is 64.8 Å². The van der Waals surface area contributed by atoms with Crippen LogP contribution in [0.4, 0.5) is 0 Å². The molecule has 96 valence electrons. The number of nitrogens with one attached hydrogen (secondary N) is 1. The maximum absolute atomic E-state index is 11.7. The van der Waals surface area contributed by atoms with E-state index in [4.69, 9.17) is 0 Å². The Morgan fingerprint density at radius 1 is 1.12 bits per heavy atom. The Balaban J connectivity index is 2.32. The van der Waals surface area contributed by atoms with Crippen molar-refractivity contribution >= 4 is 10.0 Å². The lowest BCUT2D eigenvalue weighted by Gasteiger charge is -2.28. The van der Waals surface area contributed by atoms with Crippen molar-refractivity contribution in [1.29, 1.82) is 0 Å². The summed E-state index contributed by atoms with van der Waals surface area (Å²) in [6, 6.07) is 0.199. The zero-order chi connectivity index (χ0) is 12.0. The van der Waals surface area contributed by atoms with Crippen LogP contribution in [0.3, 0.4) is 0 Å².